The van der Waals surface area contributed by atoms with Gasteiger partial charge in [0, 0.05) is 22.5 Å². The number of carbonyl (C=O) groups excluding carboxylic acids is 2. The molecular formula is C19H20BrNO4S. The zero-order valence-corrected chi connectivity index (χ0v) is 16.6. The monoisotopic (exact) mass is 437 g/mol. The van der Waals surface area contributed by atoms with Crippen molar-refractivity contribution in [2.24, 2.45) is 0 Å². The molecule has 1 amide bonds. The van der Waals surface area contributed by atoms with Crippen LogP contribution in [0, 0.1) is 0 Å². The lowest BCUT2D eigenvalue weighted by atomic mass is 10.1. The van der Waals surface area contributed by atoms with E-state index in [0.29, 0.717) is 6.54 Å². The molecule has 0 saturated carbocycles. The van der Waals surface area contributed by atoms with Gasteiger partial charge in [-0.1, -0.05) is 30.3 Å². The first kappa shape index (κ1) is 19.2. The second kappa shape index (κ2) is 9.39. The van der Waals surface area contributed by atoms with Gasteiger partial charge in [-0.05, 0) is 45.6 Å². The van der Waals surface area contributed by atoms with Crippen molar-refractivity contribution < 1.29 is 19.1 Å². The highest BCUT2D eigenvalue weighted by molar-refractivity contribution is 9.10. The first-order valence-electron chi connectivity index (χ1n) is 8.47. The predicted molar refractivity (Wildman–Crippen MR) is 105 cm³/mol. The van der Waals surface area contributed by atoms with Gasteiger partial charge in [-0.25, -0.2) is 0 Å². The predicted octanol–water partition coefficient (Wildman–Crippen LogP) is 3.53. The molecule has 26 heavy (non-hydrogen) atoms. The fourth-order valence-corrected chi connectivity index (χ4v) is 4.33. The van der Waals surface area contributed by atoms with E-state index in [1.54, 1.807) is 0 Å². The molecule has 1 fully saturated rings. The molecule has 0 aliphatic carbocycles. The Balaban J connectivity index is 1.42. The van der Waals surface area contributed by atoms with Crippen molar-refractivity contribution in [1.29, 1.82) is 0 Å². The molecule has 1 aliphatic heterocycles. The normalized spacial score (nSPS) is 16.6. The molecule has 1 unspecified atom stereocenters. The zero-order chi connectivity index (χ0) is 18.4. The highest BCUT2D eigenvalue weighted by Crippen LogP contribution is 2.34. The van der Waals surface area contributed by atoms with Crippen LogP contribution in [0.2, 0.25) is 0 Å². The maximum absolute atomic E-state index is 11.9. The third kappa shape index (κ3) is 5.22. The van der Waals surface area contributed by atoms with E-state index in [9.17, 15) is 9.59 Å². The van der Waals surface area contributed by atoms with E-state index in [4.69, 9.17) is 9.47 Å². The van der Waals surface area contributed by atoms with Crippen molar-refractivity contribution in [3.05, 3.63) is 40.9 Å². The standard InChI is InChI=1S/C19H20BrNO4S/c20-19-15-6-2-1-4-13(15)7-8-16(19)26-12-18(23)25-11-17(22)21-10-14-5-3-9-24-14/h1-2,4,6-8,14H,3,5,9-12H2,(H,21,22). The van der Waals surface area contributed by atoms with Crippen molar-refractivity contribution in [2.45, 2.75) is 23.8 Å². The van der Waals surface area contributed by atoms with E-state index < -0.39 is 5.97 Å². The molecule has 2 aromatic rings. The quantitative estimate of drug-likeness (QED) is 0.530. The summed E-state index contributed by atoms with van der Waals surface area (Å²) in [4.78, 5) is 24.6. The topological polar surface area (TPSA) is 64.6 Å². The Bertz CT molecular complexity index is 792. The van der Waals surface area contributed by atoms with Crippen molar-refractivity contribution >= 4 is 50.3 Å². The average Bonchev–Trinajstić information content (AvgIpc) is 3.18. The number of esters is 1. The van der Waals surface area contributed by atoms with E-state index in [1.165, 1.54) is 11.8 Å². The Morgan fingerprint density at radius 2 is 2.12 bits per heavy atom. The van der Waals surface area contributed by atoms with Crippen LogP contribution in [0.3, 0.4) is 0 Å². The number of halogens is 1. The van der Waals surface area contributed by atoms with Gasteiger partial charge >= 0.3 is 5.97 Å². The van der Waals surface area contributed by atoms with Crippen LogP contribution in [0.1, 0.15) is 12.8 Å². The maximum Gasteiger partial charge on any atom is 0.316 e. The number of thioether (sulfide) groups is 1. The molecule has 1 saturated heterocycles. The number of hydrogen-bond donors (Lipinski definition) is 1. The highest BCUT2D eigenvalue weighted by atomic mass is 79.9. The number of rotatable bonds is 7. The van der Waals surface area contributed by atoms with E-state index in [2.05, 4.69) is 21.2 Å². The Hall–Kier alpha value is -1.57. The van der Waals surface area contributed by atoms with Crippen LogP contribution in [0.25, 0.3) is 10.8 Å². The van der Waals surface area contributed by atoms with Gasteiger partial charge < -0.3 is 14.8 Å². The first-order chi connectivity index (χ1) is 12.6. The second-order valence-electron chi connectivity index (χ2n) is 5.99. The molecule has 1 heterocycles. The molecule has 0 bridgehead atoms. The van der Waals surface area contributed by atoms with Crippen LogP contribution >= 0.6 is 27.7 Å². The molecule has 1 atom stereocenters. The number of carbonyl (C=O) groups is 2. The van der Waals surface area contributed by atoms with Gasteiger partial charge in [0.2, 0.25) is 0 Å². The van der Waals surface area contributed by atoms with E-state index >= 15 is 0 Å². The highest BCUT2D eigenvalue weighted by Gasteiger charge is 2.17. The molecular weight excluding hydrogens is 418 g/mol. The Kier molecular flexibility index (Phi) is 6.93. The second-order valence-corrected chi connectivity index (χ2v) is 7.80. The lowest BCUT2D eigenvalue weighted by Crippen LogP contribution is -2.35. The lowest BCUT2D eigenvalue weighted by molar-refractivity contribution is -0.146. The van der Waals surface area contributed by atoms with E-state index in [-0.39, 0.29) is 24.4 Å². The van der Waals surface area contributed by atoms with Crippen LogP contribution < -0.4 is 5.32 Å². The minimum absolute atomic E-state index is 0.0791. The zero-order valence-electron chi connectivity index (χ0n) is 14.2. The van der Waals surface area contributed by atoms with Gasteiger partial charge in [0.15, 0.2) is 6.61 Å². The van der Waals surface area contributed by atoms with Crippen molar-refractivity contribution in [2.75, 3.05) is 25.5 Å². The van der Waals surface area contributed by atoms with Gasteiger partial charge in [-0.2, -0.15) is 0 Å². The summed E-state index contributed by atoms with van der Waals surface area (Å²) in [6.45, 7) is 0.956. The molecule has 3 rings (SSSR count). The molecule has 1 N–H and O–H groups in total. The minimum Gasteiger partial charge on any atom is -0.455 e. The summed E-state index contributed by atoms with van der Waals surface area (Å²) in [5.41, 5.74) is 0. The van der Waals surface area contributed by atoms with Crippen LogP contribution in [0.4, 0.5) is 0 Å². The third-order valence-electron chi connectivity index (χ3n) is 4.09. The van der Waals surface area contributed by atoms with Gasteiger partial charge in [0.25, 0.3) is 5.91 Å². The Labute approximate surface area is 164 Å². The van der Waals surface area contributed by atoms with Gasteiger partial charge in [-0.3, -0.25) is 9.59 Å². The summed E-state index contributed by atoms with van der Waals surface area (Å²) in [6.07, 6.45) is 2.06. The van der Waals surface area contributed by atoms with Crippen LogP contribution in [0.5, 0.6) is 0 Å². The number of fused-ring (bicyclic) bond motifs is 1. The number of benzene rings is 2. The molecule has 7 heteroatoms. The smallest absolute Gasteiger partial charge is 0.316 e. The fraction of sp³-hybridized carbons (Fsp3) is 0.368. The fourth-order valence-electron chi connectivity index (χ4n) is 2.73. The number of nitrogens with one attached hydrogen (secondary N) is 1. The van der Waals surface area contributed by atoms with Crippen LogP contribution in [-0.2, 0) is 19.1 Å². The minimum atomic E-state index is -0.415. The summed E-state index contributed by atoms with van der Waals surface area (Å²) >= 11 is 4.98. The van der Waals surface area contributed by atoms with Crippen molar-refractivity contribution in [1.82, 2.24) is 5.32 Å². The van der Waals surface area contributed by atoms with Crippen molar-refractivity contribution in [3.8, 4) is 0 Å². The van der Waals surface area contributed by atoms with Crippen LogP contribution in [0.15, 0.2) is 45.8 Å². The Morgan fingerprint density at radius 1 is 1.27 bits per heavy atom. The summed E-state index contributed by atoms with van der Waals surface area (Å²) in [6, 6.07) is 12.0. The average molecular weight is 438 g/mol. The first-order valence-corrected chi connectivity index (χ1v) is 10.3. The van der Waals surface area contributed by atoms with Gasteiger partial charge in [-0.15, -0.1) is 11.8 Å². The summed E-state index contributed by atoms with van der Waals surface area (Å²) < 4.78 is 11.4. The molecule has 0 radical (unpaired) electrons. The lowest BCUT2D eigenvalue weighted by Gasteiger charge is -2.11. The number of ether oxygens (including phenoxy) is 2. The molecule has 0 spiro atoms. The summed E-state index contributed by atoms with van der Waals surface area (Å²) in [7, 11) is 0. The summed E-state index contributed by atoms with van der Waals surface area (Å²) in [5.74, 6) is -0.566. The number of amides is 1. The van der Waals surface area contributed by atoms with Crippen LogP contribution in [-0.4, -0.2) is 43.5 Å². The van der Waals surface area contributed by atoms with E-state index in [1.807, 2.05) is 36.4 Å². The molecule has 0 aromatic heterocycles. The van der Waals surface area contributed by atoms with Gasteiger partial charge in [0.1, 0.15) is 0 Å². The molecule has 2 aromatic carbocycles. The molecule has 138 valence electrons. The van der Waals surface area contributed by atoms with E-state index in [0.717, 1.165) is 39.6 Å². The Morgan fingerprint density at radius 3 is 2.92 bits per heavy atom. The van der Waals surface area contributed by atoms with Crippen molar-refractivity contribution in [3.63, 3.8) is 0 Å². The largest absolute Gasteiger partial charge is 0.455 e. The number of hydrogen-bond acceptors (Lipinski definition) is 5. The SMILES string of the molecule is O=C(COC(=O)CSc1ccc2ccccc2c1Br)NCC1CCCO1. The third-order valence-corrected chi connectivity index (χ3v) is 6.24. The molecule has 5 nitrogen and oxygen atoms in total. The maximum atomic E-state index is 11.9. The van der Waals surface area contributed by atoms with Gasteiger partial charge in [0.05, 0.1) is 11.9 Å². The molecule has 1 aliphatic rings. The summed E-state index contributed by atoms with van der Waals surface area (Å²) in [5, 5.41) is 4.96.